The summed E-state index contributed by atoms with van der Waals surface area (Å²) in [5, 5.41) is 1.03. The molecular weight excluding hydrogens is 140 g/mol. The molecule has 1 unspecified atom stereocenters. The van der Waals surface area contributed by atoms with E-state index in [1.165, 1.54) is 17.9 Å². The van der Waals surface area contributed by atoms with Crippen LogP contribution in [0.4, 0.5) is 0 Å². The summed E-state index contributed by atoms with van der Waals surface area (Å²) in [7, 11) is -1.40. The van der Waals surface area contributed by atoms with Gasteiger partial charge in [-0.15, -0.1) is 0 Å². The van der Waals surface area contributed by atoms with Crippen molar-refractivity contribution in [1.29, 1.82) is 0 Å². The Morgan fingerprint density at radius 1 is 1.30 bits per heavy atom. The molecule has 0 amide bonds. The van der Waals surface area contributed by atoms with Gasteiger partial charge in [-0.25, -0.2) is 0 Å². The molecule has 1 heterocycles. The van der Waals surface area contributed by atoms with Crippen LogP contribution >= 0.6 is 8.29 Å². The van der Waals surface area contributed by atoms with E-state index < -0.39 is 8.29 Å². The van der Waals surface area contributed by atoms with Crippen LogP contribution in [0.25, 0.3) is 0 Å². The van der Waals surface area contributed by atoms with Crippen LogP contribution in [0.5, 0.6) is 0 Å². The highest BCUT2D eigenvalue weighted by molar-refractivity contribution is 8.68. The lowest BCUT2D eigenvalue weighted by molar-refractivity contribution is 1.08. The minimum atomic E-state index is -1.40. The first-order valence-electron chi connectivity index (χ1n) is 4.23. The maximum absolute atomic E-state index is 2.56. The monoisotopic (exact) mass is 162 g/mol. The molecule has 0 N–H and O–H groups in total. The van der Waals surface area contributed by atoms with E-state index in [4.69, 9.17) is 0 Å². The van der Waals surface area contributed by atoms with Gasteiger partial charge in [0.25, 0.3) is 0 Å². The van der Waals surface area contributed by atoms with E-state index in [-0.39, 0.29) is 0 Å². The summed E-state index contributed by atoms with van der Waals surface area (Å²) in [5.41, 5.74) is 0. The first-order valence-corrected chi connectivity index (χ1v) is 8.31. The minimum absolute atomic E-state index is 1.03. The van der Waals surface area contributed by atoms with E-state index in [1.807, 2.05) is 0 Å². The third-order valence-corrected chi connectivity index (χ3v) is 11.1. The molecule has 0 aromatic carbocycles. The molecule has 1 fully saturated rings. The molecule has 10 heavy (non-hydrogen) atoms. The van der Waals surface area contributed by atoms with Crippen molar-refractivity contribution < 1.29 is 0 Å². The fraction of sp³-hybridized carbons (Fsp3) is 1.00. The summed E-state index contributed by atoms with van der Waals surface area (Å²) in [6, 6.07) is 0. The molecule has 0 spiro atoms. The van der Waals surface area contributed by atoms with Gasteiger partial charge in [0.1, 0.15) is 0 Å². The first-order chi connectivity index (χ1) is 4.23. The predicted octanol–water partition coefficient (Wildman–Crippen LogP) is 2.56. The summed E-state index contributed by atoms with van der Waals surface area (Å²) >= 11 is 0. The Morgan fingerprint density at radius 2 is 1.70 bits per heavy atom. The number of rotatable bonds is 2. The Morgan fingerprint density at radius 3 is 1.80 bits per heavy atom. The molecule has 0 aliphatic carbocycles. The van der Waals surface area contributed by atoms with E-state index in [1.54, 1.807) is 0 Å². The van der Waals surface area contributed by atoms with Gasteiger partial charge in [0.15, 0.2) is 0 Å². The maximum atomic E-state index is 2.56. The predicted molar refractivity (Wildman–Crippen MR) is 54.9 cm³/mol. The molecule has 1 rings (SSSR count). The molecule has 0 nitrogen and oxygen atoms in total. The third kappa shape index (κ3) is 0.990. The molecule has 64 valence electrons. The lowest BCUT2D eigenvalue weighted by Crippen LogP contribution is -2.22. The zero-order chi connectivity index (χ0) is 8.11. The molecule has 1 heteroatoms. The number of hydrogen-bond donors (Lipinski definition) is 0. The SMILES string of the molecule is CCCS1(C)(C)(C)CC1C. The van der Waals surface area contributed by atoms with Crippen LogP contribution in [0.15, 0.2) is 0 Å². The van der Waals surface area contributed by atoms with Gasteiger partial charge in [-0.05, 0) is 41.9 Å². The summed E-state index contributed by atoms with van der Waals surface area (Å²) in [6.07, 6.45) is 9.06. The second-order valence-electron chi connectivity index (χ2n) is 5.88. The third-order valence-electron chi connectivity index (χ3n) is 3.69. The Labute approximate surface area is 64.6 Å². The van der Waals surface area contributed by atoms with Crippen molar-refractivity contribution in [3.05, 3.63) is 0 Å². The summed E-state index contributed by atoms with van der Waals surface area (Å²) < 4.78 is 0. The van der Waals surface area contributed by atoms with Crippen LogP contribution in [-0.4, -0.2) is 35.5 Å². The average Bonchev–Trinajstić information content (AvgIpc) is 2.02. The molecule has 1 saturated heterocycles. The van der Waals surface area contributed by atoms with Gasteiger partial charge in [0, 0.05) is 0 Å². The summed E-state index contributed by atoms with van der Waals surface area (Å²) in [4.78, 5) is 0. The van der Waals surface area contributed by atoms with Gasteiger partial charge < -0.3 is 0 Å². The van der Waals surface area contributed by atoms with Crippen LogP contribution in [0, 0.1) is 0 Å². The zero-order valence-corrected chi connectivity index (χ0v) is 8.92. The van der Waals surface area contributed by atoms with Crippen LogP contribution in [0.3, 0.4) is 0 Å². The highest BCUT2D eigenvalue weighted by Gasteiger charge is 2.65. The largest absolute Gasteiger partial charge is 0.278 e. The van der Waals surface area contributed by atoms with Gasteiger partial charge in [0.05, 0.1) is 0 Å². The van der Waals surface area contributed by atoms with E-state index in [0.29, 0.717) is 0 Å². The Balaban J connectivity index is 2.83. The van der Waals surface area contributed by atoms with E-state index in [2.05, 4.69) is 32.6 Å². The molecule has 0 radical (unpaired) electrons. The fourth-order valence-corrected chi connectivity index (χ4v) is 7.89. The van der Waals surface area contributed by atoms with Crippen molar-refractivity contribution in [1.82, 2.24) is 0 Å². The van der Waals surface area contributed by atoms with Gasteiger partial charge in [-0.3, -0.25) is 8.29 Å². The van der Waals surface area contributed by atoms with Gasteiger partial charge in [-0.2, -0.15) is 0 Å². The summed E-state index contributed by atoms with van der Waals surface area (Å²) in [6.45, 7) is 4.74. The van der Waals surface area contributed by atoms with E-state index >= 15 is 0 Å². The fourth-order valence-electron chi connectivity index (χ4n) is 2.13. The lowest BCUT2D eigenvalue weighted by Gasteiger charge is -2.56. The minimum Gasteiger partial charge on any atom is -0.278 e. The molecule has 0 saturated carbocycles. The van der Waals surface area contributed by atoms with Crippen LogP contribution in [-0.2, 0) is 0 Å². The molecule has 0 aromatic rings. The van der Waals surface area contributed by atoms with Crippen LogP contribution in [0.1, 0.15) is 20.3 Å². The van der Waals surface area contributed by atoms with Crippen molar-refractivity contribution in [2.75, 3.05) is 30.3 Å². The normalized spacial score (nSPS) is 45.9. The smallest absolute Gasteiger partial charge is 0.0188 e. The maximum Gasteiger partial charge on any atom is -0.0188 e. The lowest BCUT2D eigenvalue weighted by atomic mass is 10.6. The standard InChI is InChI=1S/C9H22S/c1-6-7-10(3,4,5)8-9(10)2/h9H,6-8H2,1-5H3. The van der Waals surface area contributed by atoms with Gasteiger partial charge in [-0.1, -0.05) is 13.8 Å². The van der Waals surface area contributed by atoms with Gasteiger partial charge >= 0.3 is 0 Å². The second-order valence-corrected chi connectivity index (χ2v) is 15.8. The highest BCUT2D eigenvalue weighted by atomic mass is 32.4. The van der Waals surface area contributed by atoms with Crippen molar-refractivity contribution >= 4 is 8.29 Å². The molecule has 1 aliphatic rings. The molecule has 1 aliphatic heterocycles. The quantitative estimate of drug-likeness (QED) is 0.547. The zero-order valence-electron chi connectivity index (χ0n) is 8.11. The second kappa shape index (κ2) is 1.43. The Hall–Kier alpha value is 0.350. The van der Waals surface area contributed by atoms with E-state index in [0.717, 1.165) is 5.25 Å². The average molecular weight is 162 g/mol. The molecule has 0 bridgehead atoms. The van der Waals surface area contributed by atoms with Crippen molar-refractivity contribution in [3.8, 4) is 0 Å². The molecular formula is C9H22S. The molecule has 0 aromatic heterocycles. The molecule has 1 atom stereocenters. The van der Waals surface area contributed by atoms with E-state index in [9.17, 15) is 0 Å². The van der Waals surface area contributed by atoms with Crippen molar-refractivity contribution in [3.63, 3.8) is 0 Å². The van der Waals surface area contributed by atoms with Gasteiger partial charge in [0.2, 0.25) is 0 Å². The first kappa shape index (κ1) is 8.45. The van der Waals surface area contributed by atoms with Crippen molar-refractivity contribution in [2.45, 2.75) is 25.5 Å². The Kier molecular flexibility index (Phi) is 1.21. The van der Waals surface area contributed by atoms with Crippen LogP contribution < -0.4 is 0 Å². The number of hydrogen-bond acceptors (Lipinski definition) is 0. The summed E-state index contributed by atoms with van der Waals surface area (Å²) in [5.74, 6) is 3.01. The highest BCUT2D eigenvalue weighted by Crippen LogP contribution is 2.97. The van der Waals surface area contributed by atoms with Crippen LogP contribution in [0.2, 0.25) is 0 Å². The topological polar surface area (TPSA) is 0 Å². The van der Waals surface area contributed by atoms with Crippen molar-refractivity contribution in [2.24, 2.45) is 0 Å². The Bertz CT molecular complexity index is 170.